The molecule has 4 nitrogen and oxygen atoms in total. The van der Waals surface area contributed by atoms with Crippen molar-refractivity contribution in [2.24, 2.45) is 0 Å². The van der Waals surface area contributed by atoms with Crippen molar-refractivity contribution in [3.8, 4) is 5.69 Å². The van der Waals surface area contributed by atoms with Gasteiger partial charge in [-0.3, -0.25) is 0 Å². The number of halogens is 1. The molecule has 0 aliphatic heterocycles. The second-order valence-electron chi connectivity index (χ2n) is 4.38. The van der Waals surface area contributed by atoms with Crippen LogP contribution in [0.2, 0.25) is 5.02 Å². The van der Waals surface area contributed by atoms with E-state index >= 15 is 0 Å². The Morgan fingerprint density at radius 2 is 1.94 bits per heavy atom. The highest BCUT2D eigenvalue weighted by Gasteiger charge is 2.26. The van der Waals surface area contributed by atoms with Crippen molar-refractivity contribution in [1.82, 2.24) is 15.0 Å². The number of hydrogen-bond donors (Lipinski definition) is 1. The summed E-state index contributed by atoms with van der Waals surface area (Å²) >= 11 is 5.85. The third kappa shape index (κ3) is 1.78. The first-order chi connectivity index (χ1) is 8.25. The number of hydrogen-bond acceptors (Lipinski definition) is 3. The number of benzene rings is 1. The Balaban J connectivity index is 1.97. The lowest BCUT2D eigenvalue weighted by molar-refractivity contribution is 0.411. The van der Waals surface area contributed by atoms with E-state index < -0.39 is 0 Å². The van der Waals surface area contributed by atoms with E-state index in [1.165, 1.54) is 19.3 Å². The highest BCUT2D eigenvalue weighted by atomic mass is 35.5. The summed E-state index contributed by atoms with van der Waals surface area (Å²) in [6.07, 6.45) is 3.60. The van der Waals surface area contributed by atoms with Gasteiger partial charge in [0.25, 0.3) is 0 Å². The fourth-order valence-electron chi connectivity index (χ4n) is 2.05. The lowest BCUT2D eigenvalue weighted by Crippen LogP contribution is -2.12. The average molecular weight is 249 g/mol. The Hall–Kier alpha value is -1.55. The van der Waals surface area contributed by atoms with Crippen LogP contribution in [0.15, 0.2) is 24.3 Å². The molecule has 5 heteroatoms. The topological polar surface area (TPSA) is 56.7 Å². The molecule has 0 spiro atoms. The monoisotopic (exact) mass is 248 g/mol. The number of nitrogens with zero attached hydrogens (tertiary/aromatic N) is 3. The Labute approximate surface area is 104 Å². The van der Waals surface area contributed by atoms with Gasteiger partial charge in [0.2, 0.25) is 0 Å². The van der Waals surface area contributed by atoms with E-state index in [1.807, 2.05) is 24.3 Å². The quantitative estimate of drug-likeness (QED) is 0.889. The van der Waals surface area contributed by atoms with Crippen molar-refractivity contribution in [3.63, 3.8) is 0 Å². The molecule has 0 saturated heterocycles. The van der Waals surface area contributed by atoms with Crippen LogP contribution >= 0.6 is 11.6 Å². The maximum Gasteiger partial charge on any atom is 0.151 e. The fourth-order valence-corrected chi connectivity index (χ4v) is 2.17. The number of rotatable bonds is 2. The molecule has 0 unspecified atom stereocenters. The predicted molar refractivity (Wildman–Crippen MR) is 67.4 cm³/mol. The van der Waals surface area contributed by atoms with Crippen LogP contribution in [0.25, 0.3) is 5.69 Å². The fraction of sp³-hybridized carbons (Fsp3) is 0.333. The molecule has 1 aromatic heterocycles. The molecule has 0 atom stereocenters. The molecule has 1 aromatic carbocycles. The summed E-state index contributed by atoms with van der Waals surface area (Å²) in [6.45, 7) is 0. The van der Waals surface area contributed by atoms with Gasteiger partial charge in [0.05, 0.1) is 5.69 Å². The first kappa shape index (κ1) is 10.6. The van der Waals surface area contributed by atoms with Crippen LogP contribution in [0.1, 0.15) is 30.9 Å². The third-order valence-electron chi connectivity index (χ3n) is 3.30. The van der Waals surface area contributed by atoms with Gasteiger partial charge in [-0.1, -0.05) is 23.2 Å². The van der Waals surface area contributed by atoms with Gasteiger partial charge in [0.1, 0.15) is 5.69 Å². The molecule has 0 radical (unpaired) electrons. The summed E-state index contributed by atoms with van der Waals surface area (Å²) in [5.74, 6) is 1.15. The molecule has 0 bridgehead atoms. The van der Waals surface area contributed by atoms with Crippen molar-refractivity contribution in [2.75, 3.05) is 5.73 Å². The van der Waals surface area contributed by atoms with Crippen molar-refractivity contribution < 1.29 is 0 Å². The van der Waals surface area contributed by atoms with E-state index in [0.29, 0.717) is 16.8 Å². The number of nitrogen functional groups attached to an aromatic ring is 1. The first-order valence-electron chi connectivity index (χ1n) is 5.73. The Bertz CT molecular complexity index is 528. The maximum atomic E-state index is 6.09. The van der Waals surface area contributed by atoms with Crippen molar-refractivity contribution in [2.45, 2.75) is 25.2 Å². The Morgan fingerprint density at radius 3 is 2.53 bits per heavy atom. The summed E-state index contributed by atoms with van der Waals surface area (Å²) in [5.41, 5.74) is 7.92. The standard InChI is InChI=1S/C12H13ClN4/c13-9-4-6-10(7-5-9)17-12(14)11(15-16-17)8-2-1-3-8/h4-8H,1-3,14H2. The van der Waals surface area contributed by atoms with Crippen molar-refractivity contribution >= 4 is 17.4 Å². The molecule has 2 N–H and O–H groups in total. The number of aromatic nitrogens is 3. The molecule has 88 valence electrons. The molecular formula is C12H13ClN4. The molecule has 1 aliphatic carbocycles. The molecule has 1 fully saturated rings. The van der Waals surface area contributed by atoms with Crippen LogP contribution in [0.4, 0.5) is 5.82 Å². The van der Waals surface area contributed by atoms with E-state index in [1.54, 1.807) is 4.68 Å². The van der Waals surface area contributed by atoms with E-state index in [4.69, 9.17) is 17.3 Å². The lowest BCUT2D eigenvalue weighted by atomic mass is 9.83. The van der Waals surface area contributed by atoms with Gasteiger partial charge in [-0.15, -0.1) is 5.10 Å². The molecule has 1 aliphatic rings. The Kier molecular flexibility index (Phi) is 2.52. The van der Waals surface area contributed by atoms with Crippen LogP contribution in [0, 0.1) is 0 Å². The molecule has 3 rings (SSSR count). The zero-order valence-corrected chi connectivity index (χ0v) is 10.1. The van der Waals surface area contributed by atoms with Gasteiger partial charge in [0, 0.05) is 10.9 Å². The highest BCUT2D eigenvalue weighted by Crippen LogP contribution is 2.38. The van der Waals surface area contributed by atoms with E-state index in [-0.39, 0.29) is 0 Å². The van der Waals surface area contributed by atoms with Crippen LogP contribution in [-0.4, -0.2) is 15.0 Å². The average Bonchev–Trinajstić information content (AvgIpc) is 2.60. The van der Waals surface area contributed by atoms with Gasteiger partial charge in [-0.05, 0) is 37.1 Å². The van der Waals surface area contributed by atoms with E-state index in [0.717, 1.165) is 11.4 Å². The van der Waals surface area contributed by atoms with E-state index in [9.17, 15) is 0 Å². The first-order valence-corrected chi connectivity index (χ1v) is 6.10. The molecule has 1 heterocycles. The van der Waals surface area contributed by atoms with Gasteiger partial charge in [0.15, 0.2) is 5.82 Å². The summed E-state index contributed by atoms with van der Waals surface area (Å²) in [4.78, 5) is 0. The summed E-state index contributed by atoms with van der Waals surface area (Å²) in [6, 6.07) is 7.41. The summed E-state index contributed by atoms with van der Waals surface area (Å²) in [5, 5.41) is 9.01. The molecule has 0 amide bonds. The van der Waals surface area contributed by atoms with Gasteiger partial charge in [-0.25, -0.2) is 0 Å². The minimum atomic E-state index is 0.496. The normalized spacial score (nSPS) is 15.8. The molecule has 17 heavy (non-hydrogen) atoms. The zero-order valence-electron chi connectivity index (χ0n) is 9.31. The van der Waals surface area contributed by atoms with Crippen LogP contribution in [0.5, 0.6) is 0 Å². The van der Waals surface area contributed by atoms with Gasteiger partial charge >= 0.3 is 0 Å². The third-order valence-corrected chi connectivity index (χ3v) is 3.55. The van der Waals surface area contributed by atoms with Crippen LogP contribution in [-0.2, 0) is 0 Å². The molecule has 2 aromatic rings. The molecular weight excluding hydrogens is 236 g/mol. The zero-order chi connectivity index (χ0) is 11.8. The minimum Gasteiger partial charge on any atom is -0.382 e. The van der Waals surface area contributed by atoms with Crippen LogP contribution in [0.3, 0.4) is 0 Å². The SMILES string of the molecule is Nc1c(C2CCC2)nnn1-c1ccc(Cl)cc1. The number of nitrogens with two attached hydrogens (primary N) is 1. The van der Waals surface area contributed by atoms with Crippen LogP contribution < -0.4 is 5.73 Å². The second-order valence-corrected chi connectivity index (χ2v) is 4.81. The van der Waals surface area contributed by atoms with E-state index in [2.05, 4.69) is 10.3 Å². The van der Waals surface area contributed by atoms with Crippen molar-refractivity contribution in [3.05, 3.63) is 35.0 Å². The maximum absolute atomic E-state index is 6.09. The van der Waals surface area contributed by atoms with Gasteiger partial charge < -0.3 is 5.73 Å². The smallest absolute Gasteiger partial charge is 0.151 e. The number of anilines is 1. The lowest BCUT2D eigenvalue weighted by Gasteiger charge is -2.23. The summed E-state index contributed by atoms with van der Waals surface area (Å²) in [7, 11) is 0. The largest absolute Gasteiger partial charge is 0.382 e. The Morgan fingerprint density at radius 1 is 1.24 bits per heavy atom. The molecule has 1 saturated carbocycles. The van der Waals surface area contributed by atoms with Crippen molar-refractivity contribution in [1.29, 1.82) is 0 Å². The highest BCUT2D eigenvalue weighted by molar-refractivity contribution is 6.30. The second kappa shape index (κ2) is 4.04. The minimum absolute atomic E-state index is 0.496. The predicted octanol–water partition coefficient (Wildman–Crippen LogP) is 2.77. The van der Waals surface area contributed by atoms with Gasteiger partial charge in [-0.2, -0.15) is 4.68 Å². The summed E-state index contributed by atoms with van der Waals surface area (Å²) < 4.78 is 1.67.